The van der Waals surface area contributed by atoms with Gasteiger partial charge in [-0.2, -0.15) is 0 Å². The zero-order valence-electron chi connectivity index (χ0n) is 30.4. The van der Waals surface area contributed by atoms with E-state index < -0.39 is 29.0 Å². The summed E-state index contributed by atoms with van der Waals surface area (Å²) in [7, 11) is 0. The number of fused-ring (bicyclic) bond motifs is 3. The Balaban J connectivity index is 1.28. The zero-order chi connectivity index (χ0) is 37.2. The molecule has 0 aromatic heterocycles. The number of nitrogens with one attached hydrogen (secondary N) is 1. The van der Waals surface area contributed by atoms with Crippen LogP contribution in [0.4, 0.5) is 4.79 Å². The van der Waals surface area contributed by atoms with Crippen LogP contribution in [0.15, 0.2) is 140 Å². The number of amides is 1. The third-order valence-electron chi connectivity index (χ3n) is 9.22. The number of aliphatic hydroxyl groups is 1. The molecular formula is C45H47NO5SSe. The zero-order valence-corrected chi connectivity index (χ0v) is 32.9. The average Bonchev–Trinajstić information content (AvgIpc) is 3.48. The SMILES string of the molecule is CC(C)(C)SC(=O)[C@@H](COCc1ccccc1)[C@@H](O)[C@@H]([Se]c1ccccc1)[C@H](Cc1ccccc1)NC(=O)OCC1c2ccccc2-c2ccccc21. The Morgan fingerprint density at radius 1 is 0.755 bits per heavy atom. The quantitative estimate of drug-likeness (QED) is 0.104. The molecule has 2 N–H and O–H groups in total. The van der Waals surface area contributed by atoms with Gasteiger partial charge in [0.15, 0.2) is 0 Å². The van der Waals surface area contributed by atoms with E-state index in [1.165, 1.54) is 11.8 Å². The van der Waals surface area contributed by atoms with Gasteiger partial charge in [0, 0.05) is 0 Å². The Kier molecular flexibility index (Phi) is 13.3. The van der Waals surface area contributed by atoms with Crippen molar-refractivity contribution in [3.8, 4) is 11.1 Å². The molecule has 0 fully saturated rings. The van der Waals surface area contributed by atoms with E-state index in [1.54, 1.807) is 0 Å². The molecule has 1 aliphatic carbocycles. The predicted octanol–water partition coefficient (Wildman–Crippen LogP) is 8.21. The maximum absolute atomic E-state index is 14.1. The first-order chi connectivity index (χ1) is 25.7. The van der Waals surface area contributed by atoms with Crippen LogP contribution in [-0.2, 0) is 27.3 Å². The molecule has 0 heterocycles. The topological polar surface area (TPSA) is 84.9 Å². The number of carbonyl (C=O) groups excluding carboxylic acids is 2. The number of alkyl carbamates (subject to hydrolysis) is 1. The van der Waals surface area contributed by atoms with Crippen molar-refractivity contribution < 1.29 is 24.2 Å². The number of carbonyl (C=O) groups is 2. The molecule has 6 rings (SSSR count). The second-order valence-electron chi connectivity index (χ2n) is 14.3. The fraction of sp³-hybridized carbons (Fsp3) is 0.289. The van der Waals surface area contributed by atoms with Gasteiger partial charge in [-0.25, -0.2) is 0 Å². The van der Waals surface area contributed by atoms with Crippen molar-refractivity contribution in [1.29, 1.82) is 0 Å². The molecule has 0 aliphatic heterocycles. The second kappa shape index (κ2) is 18.2. The third kappa shape index (κ3) is 10.5. The summed E-state index contributed by atoms with van der Waals surface area (Å²) in [6.07, 6.45) is -1.23. The molecule has 0 saturated carbocycles. The normalized spacial score (nSPS) is 14.7. The summed E-state index contributed by atoms with van der Waals surface area (Å²) >= 11 is 0.874. The molecule has 0 saturated heterocycles. The van der Waals surface area contributed by atoms with E-state index in [9.17, 15) is 14.7 Å². The molecule has 5 aromatic rings. The summed E-state index contributed by atoms with van der Waals surface area (Å²) in [5.74, 6) is -0.921. The fourth-order valence-electron chi connectivity index (χ4n) is 6.75. The Morgan fingerprint density at radius 3 is 1.87 bits per heavy atom. The summed E-state index contributed by atoms with van der Waals surface area (Å²) in [4.78, 5) is 27.5. The van der Waals surface area contributed by atoms with Crippen LogP contribution in [0.5, 0.6) is 0 Å². The number of aliphatic hydroxyl groups excluding tert-OH is 1. The molecule has 0 bridgehead atoms. The van der Waals surface area contributed by atoms with Crippen molar-refractivity contribution in [3.63, 3.8) is 0 Å². The number of ether oxygens (including phenoxy) is 2. The predicted molar refractivity (Wildman–Crippen MR) is 216 cm³/mol. The van der Waals surface area contributed by atoms with Crippen LogP contribution >= 0.6 is 11.8 Å². The van der Waals surface area contributed by atoms with E-state index in [-0.39, 0.29) is 44.0 Å². The molecule has 4 atom stereocenters. The molecule has 6 nitrogen and oxygen atoms in total. The van der Waals surface area contributed by atoms with E-state index in [0.29, 0.717) is 13.0 Å². The van der Waals surface area contributed by atoms with Gasteiger partial charge in [0.1, 0.15) is 0 Å². The Hall–Kier alpha value is -4.17. The molecule has 0 spiro atoms. The van der Waals surface area contributed by atoms with Gasteiger partial charge in [0.2, 0.25) is 0 Å². The van der Waals surface area contributed by atoms with E-state index >= 15 is 0 Å². The van der Waals surface area contributed by atoms with Crippen molar-refractivity contribution in [2.24, 2.45) is 5.92 Å². The molecular weight excluding hydrogens is 746 g/mol. The summed E-state index contributed by atoms with van der Waals surface area (Å²) < 4.78 is 12.9. The van der Waals surface area contributed by atoms with E-state index in [1.807, 2.05) is 136 Å². The molecule has 0 unspecified atom stereocenters. The third-order valence-corrected chi connectivity index (χ3v) is 13.3. The summed E-state index contributed by atoms with van der Waals surface area (Å²) in [6, 6.07) is 45.7. The van der Waals surface area contributed by atoms with Crippen LogP contribution in [-0.4, -0.2) is 61.4 Å². The van der Waals surface area contributed by atoms with Gasteiger partial charge in [-0.05, 0) is 0 Å². The number of hydrogen-bond acceptors (Lipinski definition) is 6. The van der Waals surface area contributed by atoms with Crippen LogP contribution in [0, 0.1) is 5.92 Å². The molecule has 1 aliphatic rings. The first-order valence-corrected chi connectivity index (χ1v) is 20.7. The Morgan fingerprint density at radius 2 is 1.28 bits per heavy atom. The van der Waals surface area contributed by atoms with Crippen molar-refractivity contribution in [2.75, 3.05) is 13.2 Å². The Bertz CT molecular complexity index is 1890. The fourth-order valence-corrected chi connectivity index (χ4v) is 10.4. The number of benzene rings is 5. The Labute approximate surface area is 323 Å². The molecule has 0 radical (unpaired) electrons. The molecule has 274 valence electrons. The summed E-state index contributed by atoms with van der Waals surface area (Å²) in [5, 5.41) is 15.6. The molecule has 53 heavy (non-hydrogen) atoms. The van der Waals surface area contributed by atoms with Gasteiger partial charge in [-0.1, -0.05) is 0 Å². The number of hydrogen-bond donors (Lipinski definition) is 2. The van der Waals surface area contributed by atoms with Gasteiger partial charge >= 0.3 is 325 Å². The van der Waals surface area contributed by atoms with Crippen molar-refractivity contribution in [2.45, 2.75) is 61.4 Å². The van der Waals surface area contributed by atoms with Crippen LogP contribution in [0.2, 0.25) is 4.82 Å². The standard InChI is InChI=1S/C45H47NO5SSe/c1-45(2,3)52-43(48)39(29-50-28-32-19-9-5-10-20-32)41(47)42(53-33-21-11-6-12-22-33)40(27-31-17-7-4-8-18-31)46-44(49)51-30-38-36-25-15-13-23-34(36)35-24-14-16-26-37(35)38/h4-26,38-42,47H,27-30H2,1-3H3,(H,46,49)/t39-,40-,41+,42-/m0/s1. The first kappa shape index (κ1) is 38.6. The second-order valence-corrected chi connectivity index (χ2v) is 18.7. The monoisotopic (exact) mass is 793 g/mol. The van der Waals surface area contributed by atoms with Crippen molar-refractivity contribution >= 4 is 42.4 Å². The van der Waals surface area contributed by atoms with Crippen LogP contribution in [0.3, 0.4) is 0 Å². The molecule has 5 aromatic carbocycles. The molecule has 1 amide bonds. The minimum atomic E-state index is -1.11. The van der Waals surface area contributed by atoms with Gasteiger partial charge in [0.25, 0.3) is 0 Å². The first-order valence-electron chi connectivity index (χ1n) is 18.1. The summed E-state index contributed by atoms with van der Waals surface area (Å²) in [6.45, 7) is 6.51. The van der Waals surface area contributed by atoms with E-state index in [2.05, 4.69) is 29.6 Å². The molecule has 8 heteroatoms. The van der Waals surface area contributed by atoms with Crippen LogP contribution < -0.4 is 9.78 Å². The van der Waals surface area contributed by atoms with E-state index in [0.717, 1.165) is 37.8 Å². The summed E-state index contributed by atoms with van der Waals surface area (Å²) in [5.41, 5.74) is 6.58. The van der Waals surface area contributed by atoms with Crippen LogP contribution in [0.25, 0.3) is 11.1 Å². The maximum atomic E-state index is 14.1. The van der Waals surface area contributed by atoms with Gasteiger partial charge in [0.05, 0.1) is 0 Å². The number of thioether (sulfide) groups is 1. The van der Waals surface area contributed by atoms with Crippen LogP contribution in [0.1, 0.15) is 48.9 Å². The minimum absolute atomic E-state index is 0.0440. The van der Waals surface area contributed by atoms with Gasteiger partial charge < -0.3 is 0 Å². The number of rotatable bonds is 15. The van der Waals surface area contributed by atoms with Crippen molar-refractivity contribution in [1.82, 2.24) is 5.32 Å². The van der Waals surface area contributed by atoms with E-state index in [4.69, 9.17) is 9.47 Å². The van der Waals surface area contributed by atoms with Gasteiger partial charge in [-0.15, -0.1) is 0 Å². The van der Waals surface area contributed by atoms with Crippen molar-refractivity contribution in [3.05, 3.63) is 162 Å². The average molecular weight is 793 g/mol. The van der Waals surface area contributed by atoms with Gasteiger partial charge in [-0.3, -0.25) is 0 Å².